The maximum Gasteiger partial charge on any atom is 0.220 e. The Balaban J connectivity index is 0.000000109. The third-order valence-corrected chi connectivity index (χ3v) is 26.5. The van der Waals surface area contributed by atoms with Gasteiger partial charge in [0.2, 0.25) is 28.5 Å². The second-order valence-electron chi connectivity index (χ2n) is 33.8. The van der Waals surface area contributed by atoms with E-state index in [0.717, 1.165) is 38.9 Å². The molecule has 0 saturated heterocycles. The molecule has 0 N–H and O–H groups in total. The molecule has 0 bridgehead atoms. The van der Waals surface area contributed by atoms with E-state index < -0.39 is 0 Å². The Morgan fingerprint density at radius 1 is 0.317 bits per heavy atom. The monoisotopic (exact) mass is 1590 g/mol. The van der Waals surface area contributed by atoms with E-state index in [4.69, 9.17) is 7.16 Å². The fourth-order valence-electron chi connectivity index (χ4n) is 18.8. The lowest BCUT2D eigenvalue weighted by molar-refractivity contribution is -0.665. The van der Waals surface area contributed by atoms with E-state index in [1.54, 1.807) is 12.3 Å². The second-order valence-corrected chi connectivity index (χ2v) is 34.8. The van der Waals surface area contributed by atoms with Crippen molar-refractivity contribution in [3.8, 4) is 67.4 Å². The number of aryl methyl sites for hydroxylation is 9. The molecule has 20 aromatic rings. The molecular formula is C112H107N6OS+5. The number of nitrogens with zero attached hydrogens (tertiary/aromatic N) is 6. The minimum Gasteiger partial charge on any atom is -0.464 e. The number of fused-ring (bicyclic) bond motifs is 13. The number of furan rings is 1. The molecule has 1 aliphatic carbocycles. The Morgan fingerprint density at radius 2 is 0.717 bits per heavy atom. The van der Waals surface area contributed by atoms with Crippen molar-refractivity contribution in [2.75, 3.05) is 0 Å². The van der Waals surface area contributed by atoms with Gasteiger partial charge in [-0.2, -0.15) is 22.8 Å². The molecule has 0 atom stereocenters. The van der Waals surface area contributed by atoms with E-state index in [9.17, 15) is 0 Å². The van der Waals surface area contributed by atoms with Gasteiger partial charge in [0.1, 0.15) is 40.8 Å². The van der Waals surface area contributed by atoms with Crippen molar-refractivity contribution < 1.29 is 30.0 Å². The largest absolute Gasteiger partial charge is 0.464 e. The number of aromatic nitrogens is 6. The zero-order valence-corrected chi connectivity index (χ0v) is 73.5. The average Bonchev–Trinajstić information content (AvgIpc) is 1.56. The first-order valence-electron chi connectivity index (χ1n) is 42.9. The van der Waals surface area contributed by atoms with Crippen LogP contribution in [-0.2, 0) is 40.7 Å². The van der Waals surface area contributed by atoms with Gasteiger partial charge in [0, 0.05) is 108 Å². The quantitative estimate of drug-likeness (QED) is 0.153. The second kappa shape index (κ2) is 32.0. The predicted octanol–water partition coefficient (Wildman–Crippen LogP) is 26.7. The molecule has 8 heterocycles. The van der Waals surface area contributed by atoms with Crippen molar-refractivity contribution in [3.05, 3.63) is 364 Å². The van der Waals surface area contributed by atoms with Crippen LogP contribution in [0.15, 0.2) is 301 Å². The first-order valence-corrected chi connectivity index (χ1v) is 42.8. The third kappa shape index (κ3) is 14.2. The summed E-state index contributed by atoms with van der Waals surface area (Å²) in [6.45, 7) is 30.9. The van der Waals surface area contributed by atoms with Gasteiger partial charge in [0.25, 0.3) is 0 Å². The normalized spacial score (nSPS) is 12.3. The van der Waals surface area contributed by atoms with Gasteiger partial charge in [0.05, 0.1) is 63.7 Å². The molecule has 0 aliphatic heterocycles. The molecule has 120 heavy (non-hydrogen) atoms. The molecule has 0 amide bonds. The van der Waals surface area contributed by atoms with Gasteiger partial charge >= 0.3 is 0 Å². The first-order chi connectivity index (χ1) is 58.6. The van der Waals surface area contributed by atoms with Crippen LogP contribution in [0.1, 0.15) is 104 Å². The van der Waals surface area contributed by atoms with Crippen molar-refractivity contribution in [3.63, 3.8) is 0 Å². The zero-order valence-electron chi connectivity index (χ0n) is 74.7. The maximum atomic E-state index is 8.05. The highest BCUT2D eigenvalue weighted by molar-refractivity contribution is 7.17. The van der Waals surface area contributed by atoms with Crippen LogP contribution in [0.4, 0.5) is 0 Å². The summed E-state index contributed by atoms with van der Waals surface area (Å²) >= 11 is 1.81. The van der Waals surface area contributed by atoms with Gasteiger partial charge in [-0.3, -0.25) is 0 Å². The molecule has 7 nitrogen and oxygen atoms in total. The summed E-state index contributed by atoms with van der Waals surface area (Å²) in [7, 11) is 10.7. The van der Waals surface area contributed by atoms with Gasteiger partial charge in [-0.15, -0.1) is 11.3 Å². The minimum atomic E-state index is 0.0204. The van der Waals surface area contributed by atoms with Crippen molar-refractivity contribution in [1.29, 1.82) is 0 Å². The van der Waals surface area contributed by atoms with Gasteiger partial charge in [-0.25, -0.2) is 0 Å². The van der Waals surface area contributed by atoms with Gasteiger partial charge in [-0.05, 0) is 233 Å². The number of thiophene rings is 1. The highest BCUT2D eigenvalue weighted by atomic mass is 32.1. The topological polar surface area (TPSA) is 37.5 Å². The maximum absolute atomic E-state index is 8.05. The van der Waals surface area contributed by atoms with Crippen LogP contribution < -0.4 is 22.8 Å². The van der Waals surface area contributed by atoms with Crippen LogP contribution in [0.3, 0.4) is 0 Å². The van der Waals surface area contributed by atoms with Crippen LogP contribution in [0.5, 0.6) is 0 Å². The summed E-state index contributed by atoms with van der Waals surface area (Å²) < 4.78 is 36.8. The highest BCUT2D eigenvalue weighted by Crippen LogP contribution is 2.51. The van der Waals surface area contributed by atoms with E-state index in [-0.39, 0.29) is 5.41 Å². The molecule has 12 aromatic carbocycles. The summed E-state index contributed by atoms with van der Waals surface area (Å²) in [5.74, 6) is 0. The van der Waals surface area contributed by atoms with Gasteiger partial charge in [0.15, 0.2) is 28.5 Å². The lowest BCUT2D eigenvalue weighted by Crippen LogP contribution is -2.35. The summed E-state index contributed by atoms with van der Waals surface area (Å²) in [5, 5.41) is 20.0. The first kappa shape index (κ1) is 76.9. The Kier molecular flexibility index (Phi) is 20.5. The zero-order chi connectivity index (χ0) is 85.6. The summed E-state index contributed by atoms with van der Waals surface area (Å²) in [5.41, 5.74) is 34.0. The molecule has 0 spiro atoms. The molecule has 0 fully saturated rings. The van der Waals surface area contributed by atoms with Crippen molar-refractivity contribution in [2.24, 2.45) is 35.2 Å². The van der Waals surface area contributed by atoms with Crippen LogP contribution in [0, 0.1) is 69.2 Å². The standard InChI is InChI=1S/C27H27N2.C27H26N.C20H18NO.C20H18NS.C18H18N/c1-17(2)29-25-13-9-8-12-22(25)24-14-18(3)23(16-26(24)29)27-21-11-7-6-10-20(21)15-19(4)28(27)5;1-17-14-23-21-12-8-9-13-24(21)27(3,4)25(23)16-22(17)26-20-11-7-6-10-19(20)15-18(2)28(26)5;2*1-13-10-16-8-9-22-19(16)12-18(13)20-17-7-5-4-6-15(17)11-14(2)21(20)3;1-13-8-4-6-10-16(13)18-17-11-7-5-9-15(17)12-14(2)19(18)3/h6-17H,1-5H3;6-16H,1-5H3;2*4-12H,1-3H3;4-12H,1-3H3/q5*+1/i;;;;6D,8D. The molecule has 8 aromatic heterocycles. The minimum absolute atomic E-state index is 0.0204. The average molecular weight is 1590 g/mol. The number of pyridine rings is 5. The molecule has 0 saturated carbocycles. The summed E-state index contributed by atoms with van der Waals surface area (Å²) in [6, 6.07) is 99.3. The highest BCUT2D eigenvalue weighted by Gasteiger charge is 2.37. The molecule has 0 unspecified atom stereocenters. The Morgan fingerprint density at radius 3 is 1.21 bits per heavy atom. The number of para-hydroxylation sites is 1. The third-order valence-electron chi connectivity index (χ3n) is 25.6. The molecule has 1 aliphatic rings. The van der Waals surface area contributed by atoms with Crippen LogP contribution in [0.2, 0.25) is 0 Å². The van der Waals surface area contributed by atoms with E-state index >= 15 is 0 Å². The number of hydrogen-bond donors (Lipinski definition) is 0. The Hall–Kier alpha value is -13.0. The molecular weight excluding hydrogens is 1480 g/mol. The lowest BCUT2D eigenvalue weighted by atomic mass is 9.81. The van der Waals surface area contributed by atoms with Gasteiger partial charge in [-0.1, -0.05) is 172 Å². The SMILES string of the molecule is Cc1cc2c(cc1-c1c3ccccc3cc(C)[n+]1C)C(C)(C)c1ccccc1-2.Cc1cc2c3ccccc3n(C(C)C)c2cc1-c1c2ccccc2cc(C)[n+]1C.Cc1cc2ccoc2cc1-c1c2ccccc2cc(C)[n+]1C.Cc1cc2ccsc2cc1-c1c2ccccc2cc(C)[n+]1C.[2H]c1cc([2H])c(C)c(-c2c3ccccc3cc(C)[n+]2C)c1. The smallest absolute Gasteiger partial charge is 0.220 e. The van der Waals surface area contributed by atoms with Crippen molar-refractivity contribution >= 4 is 108 Å². The number of hydrogen-bond acceptors (Lipinski definition) is 2. The fraction of sp³-hybridized carbons (Fsp3) is 0.188. The van der Waals surface area contributed by atoms with E-state index in [0.29, 0.717) is 18.1 Å². The van der Waals surface area contributed by atoms with E-state index in [1.165, 1.54) is 193 Å². The number of rotatable bonds is 6. The number of benzene rings is 12. The Labute approximate surface area is 713 Å². The molecule has 592 valence electrons. The molecule has 0 radical (unpaired) electrons. The summed E-state index contributed by atoms with van der Waals surface area (Å²) in [4.78, 5) is 0. The van der Waals surface area contributed by atoms with Crippen LogP contribution >= 0.6 is 11.3 Å². The van der Waals surface area contributed by atoms with Gasteiger partial charge < -0.3 is 8.98 Å². The molecule has 21 rings (SSSR count). The van der Waals surface area contributed by atoms with Crippen LogP contribution in [-0.4, -0.2) is 4.57 Å². The van der Waals surface area contributed by atoms with E-state index in [1.807, 2.05) is 49.6 Å². The van der Waals surface area contributed by atoms with Crippen molar-refractivity contribution in [1.82, 2.24) is 4.57 Å². The fourth-order valence-corrected chi connectivity index (χ4v) is 19.6. The lowest BCUT2D eigenvalue weighted by Gasteiger charge is -2.22. The molecule has 8 heteroatoms. The van der Waals surface area contributed by atoms with Crippen LogP contribution in [0.25, 0.3) is 164 Å². The van der Waals surface area contributed by atoms with Crippen molar-refractivity contribution in [2.45, 2.75) is 108 Å². The Bertz CT molecular complexity index is 7460. The summed E-state index contributed by atoms with van der Waals surface area (Å²) in [6.07, 6.45) is 1.75. The predicted molar refractivity (Wildman–Crippen MR) is 506 cm³/mol. The van der Waals surface area contributed by atoms with E-state index in [2.05, 4.69) is 394 Å².